The first-order valence-corrected chi connectivity index (χ1v) is 5.79. The van der Waals surface area contributed by atoms with Crippen LogP contribution in [0.4, 0.5) is 4.39 Å². The molecule has 0 unspecified atom stereocenters. The molecular weight excluding hydrogens is 245 g/mol. The van der Waals surface area contributed by atoms with Crippen molar-refractivity contribution in [2.45, 2.75) is 20.3 Å². The molecule has 0 saturated carbocycles. The van der Waals surface area contributed by atoms with E-state index in [9.17, 15) is 4.39 Å². The molecule has 0 atom stereocenters. The van der Waals surface area contributed by atoms with Gasteiger partial charge in [0.25, 0.3) is 0 Å². The molecule has 1 aromatic carbocycles. The Morgan fingerprint density at radius 1 is 1.53 bits per heavy atom. The Bertz CT molecular complexity index is 558. The van der Waals surface area contributed by atoms with Crippen LogP contribution in [-0.2, 0) is 0 Å². The summed E-state index contributed by atoms with van der Waals surface area (Å²) in [4.78, 5) is 0. The van der Waals surface area contributed by atoms with E-state index in [-0.39, 0.29) is 11.5 Å². The standard InChI is InChI=1S/C14H16FN3O/c1-9-7-11(15)3-4-14(9)19-6-5-12(17)10(2)13(18)8-16/h3-4,7,18H,5-6,17H2,1-2H3/b12-10-,18-13?. The molecule has 0 amide bonds. The Labute approximate surface area is 111 Å². The molecule has 19 heavy (non-hydrogen) atoms. The molecule has 3 N–H and O–H groups in total. The summed E-state index contributed by atoms with van der Waals surface area (Å²) < 4.78 is 18.4. The van der Waals surface area contributed by atoms with E-state index < -0.39 is 0 Å². The van der Waals surface area contributed by atoms with Gasteiger partial charge in [0, 0.05) is 17.7 Å². The Hall–Kier alpha value is -2.35. The molecule has 0 saturated heterocycles. The average Bonchev–Trinajstić information content (AvgIpc) is 2.39. The number of allylic oxidation sites excluding steroid dienone is 1. The van der Waals surface area contributed by atoms with E-state index >= 15 is 0 Å². The van der Waals surface area contributed by atoms with E-state index in [0.29, 0.717) is 35.6 Å². The first-order chi connectivity index (χ1) is 8.95. The third kappa shape index (κ3) is 4.11. The second-order valence-electron chi connectivity index (χ2n) is 4.15. The number of benzene rings is 1. The van der Waals surface area contributed by atoms with Crippen molar-refractivity contribution in [2.75, 3.05) is 6.61 Å². The van der Waals surface area contributed by atoms with Crippen molar-refractivity contribution in [3.8, 4) is 11.8 Å². The minimum atomic E-state index is -0.303. The largest absolute Gasteiger partial charge is 0.493 e. The summed E-state index contributed by atoms with van der Waals surface area (Å²) in [6, 6.07) is 6.02. The number of nitrogens with zero attached hydrogens (tertiary/aromatic N) is 1. The summed E-state index contributed by atoms with van der Waals surface area (Å²) in [6.45, 7) is 3.70. The quantitative estimate of drug-likeness (QED) is 0.799. The normalized spacial score (nSPS) is 11.5. The van der Waals surface area contributed by atoms with Crippen LogP contribution in [0.15, 0.2) is 29.5 Å². The van der Waals surface area contributed by atoms with Crippen molar-refractivity contribution in [2.24, 2.45) is 5.73 Å². The van der Waals surface area contributed by atoms with Crippen LogP contribution in [0, 0.1) is 29.5 Å². The van der Waals surface area contributed by atoms with Gasteiger partial charge in [0.1, 0.15) is 23.3 Å². The lowest BCUT2D eigenvalue weighted by Crippen LogP contribution is -2.11. The number of nitrogens with two attached hydrogens (primary N) is 1. The predicted octanol–water partition coefficient (Wildman–Crippen LogP) is 2.68. The first kappa shape index (κ1) is 14.7. The highest BCUT2D eigenvalue weighted by Crippen LogP contribution is 2.18. The molecule has 0 aliphatic heterocycles. The van der Waals surface area contributed by atoms with Crippen LogP contribution in [0.1, 0.15) is 18.9 Å². The van der Waals surface area contributed by atoms with Gasteiger partial charge in [-0.2, -0.15) is 5.26 Å². The zero-order chi connectivity index (χ0) is 14.4. The molecule has 1 rings (SSSR count). The number of nitrogens with one attached hydrogen (secondary N) is 1. The van der Waals surface area contributed by atoms with E-state index in [4.69, 9.17) is 21.1 Å². The Morgan fingerprint density at radius 2 is 2.21 bits per heavy atom. The van der Waals surface area contributed by atoms with Gasteiger partial charge in [0.05, 0.1) is 6.61 Å². The van der Waals surface area contributed by atoms with Gasteiger partial charge in [-0.05, 0) is 37.6 Å². The monoisotopic (exact) mass is 261 g/mol. The zero-order valence-electron chi connectivity index (χ0n) is 11.0. The van der Waals surface area contributed by atoms with Gasteiger partial charge in [0.15, 0.2) is 0 Å². The fraction of sp³-hybridized carbons (Fsp3) is 0.286. The summed E-state index contributed by atoms with van der Waals surface area (Å²) in [6.07, 6.45) is 0.409. The molecule has 0 radical (unpaired) electrons. The average molecular weight is 261 g/mol. The molecule has 0 fully saturated rings. The van der Waals surface area contributed by atoms with Crippen LogP contribution in [0.25, 0.3) is 0 Å². The summed E-state index contributed by atoms with van der Waals surface area (Å²) >= 11 is 0. The number of aryl methyl sites for hydroxylation is 1. The van der Waals surface area contributed by atoms with Gasteiger partial charge >= 0.3 is 0 Å². The Balaban J connectivity index is 2.60. The van der Waals surface area contributed by atoms with E-state index in [2.05, 4.69) is 0 Å². The van der Waals surface area contributed by atoms with Crippen LogP contribution in [0.5, 0.6) is 5.75 Å². The minimum Gasteiger partial charge on any atom is -0.493 e. The molecule has 0 aliphatic carbocycles. The second-order valence-corrected chi connectivity index (χ2v) is 4.15. The maximum absolute atomic E-state index is 12.9. The van der Waals surface area contributed by atoms with E-state index in [1.807, 2.05) is 0 Å². The zero-order valence-corrected chi connectivity index (χ0v) is 11.0. The fourth-order valence-electron chi connectivity index (χ4n) is 1.48. The summed E-state index contributed by atoms with van der Waals surface area (Å²) in [5.41, 5.74) is 7.25. The molecule has 4 nitrogen and oxygen atoms in total. The summed E-state index contributed by atoms with van der Waals surface area (Å²) in [7, 11) is 0. The molecule has 0 spiro atoms. The lowest BCUT2D eigenvalue weighted by molar-refractivity contribution is 0.318. The highest BCUT2D eigenvalue weighted by atomic mass is 19.1. The van der Waals surface area contributed by atoms with Crippen molar-refractivity contribution in [1.29, 1.82) is 10.7 Å². The fourth-order valence-corrected chi connectivity index (χ4v) is 1.48. The van der Waals surface area contributed by atoms with Gasteiger partial charge < -0.3 is 10.5 Å². The van der Waals surface area contributed by atoms with Gasteiger partial charge in [-0.25, -0.2) is 4.39 Å². The smallest absolute Gasteiger partial charge is 0.136 e. The van der Waals surface area contributed by atoms with Crippen LogP contribution < -0.4 is 10.5 Å². The SMILES string of the molecule is C/C(C(=N)C#N)=C(/N)CCOc1ccc(F)cc1C. The molecule has 0 aliphatic rings. The predicted molar refractivity (Wildman–Crippen MR) is 71.5 cm³/mol. The van der Waals surface area contributed by atoms with Gasteiger partial charge in [-0.15, -0.1) is 0 Å². The number of ether oxygens (including phenoxy) is 1. The molecule has 1 aromatic rings. The van der Waals surface area contributed by atoms with Crippen molar-refractivity contribution in [3.05, 3.63) is 40.8 Å². The van der Waals surface area contributed by atoms with Crippen molar-refractivity contribution < 1.29 is 9.13 Å². The van der Waals surface area contributed by atoms with Gasteiger partial charge in [-0.3, -0.25) is 5.41 Å². The van der Waals surface area contributed by atoms with Crippen LogP contribution >= 0.6 is 0 Å². The highest BCUT2D eigenvalue weighted by molar-refractivity contribution is 6.09. The molecule has 5 heteroatoms. The first-order valence-electron chi connectivity index (χ1n) is 5.79. The Kier molecular flexibility index (Phi) is 5.07. The Morgan fingerprint density at radius 3 is 2.79 bits per heavy atom. The van der Waals surface area contributed by atoms with E-state index in [1.54, 1.807) is 26.0 Å². The maximum atomic E-state index is 12.9. The van der Waals surface area contributed by atoms with E-state index in [1.165, 1.54) is 12.1 Å². The van der Waals surface area contributed by atoms with Crippen molar-refractivity contribution in [1.82, 2.24) is 0 Å². The second kappa shape index (κ2) is 6.55. The van der Waals surface area contributed by atoms with Crippen LogP contribution in [0.3, 0.4) is 0 Å². The number of hydrogen-bond donors (Lipinski definition) is 2. The third-order valence-electron chi connectivity index (χ3n) is 2.73. The van der Waals surface area contributed by atoms with Crippen molar-refractivity contribution in [3.63, 3.8) is 0 Å². The number of halogens is 1. The van der Waals surface area contributed by atoms with Crippen LogP contribution in [-0.4, -0.2) is 12.3 Å². The summed E-state index contributed by atoms with van der Waals surface area (Å²) in [5, 5.41) is 15.9. The van der Waals surface area contributed by atoms with Gasteiger partial charge in [-0.1, -0.05) is 0 Å². The van der Waals surface area contributed by atoms with E-state index in [0.717, 1.165) is 0 Å². The molecular formula is C14H16FN3O. The van der Waals surface area contributed by atoms with Gasteiger partial charge in [0.2, 0.25) is 0 Å². The molecule has 100 valence electrons. The highest BCUT2D eigenvalue weighted by Gasteiger charge is 2.05. The molecule has 0 aromatic heterocycles. The van der Waals surface area contributed by atoms with Crippen molar-refractivity contribution >= 4 is 5.71 Å². The summed E-state index contributed by atoms with van der Waals surface area (Å²) in [5.74, 6) is 0.296. The number of rotatable bonds is 5. The molecule has 0 heterocycles. The third-order valence-corrected chi connectivity index (χ3v) is 2.73. The lowest BCUT2D eigenvalue weighted by Gasteiger charge is -2.10. The maximum Gasteiger partial charge on any atom is 0.136 e. The molecule has 0 bridgehead atoms. The number of hydrogen-bond acceptors (Lipinski definition) is 4. The topological polar surface area (TPSA) is 82.9 Å². The minimum absolute atomic E-state index is 0.143. The number of nitriles is 1. The lowest BCUT2D eigenvalue weighted by atomic mass is 10.1. The van der Waals surface area contributed by atoms with Crippen LogP contribution in [0.2, 0.25) is 0 Å².